The van der Waals surface area contributed by atoms with Crippen LogP contribution in [-0.4, -0.2) is 34.7 Å². The molecule has 5 nitrogen and oxygen atoms in total. The summed E-state index contributed by atoms with van der Waals surface area (Å²) in [6.07, 6.45) is 3.47. The van der Waals surface area contributed by atoms with E-state index in [-0.39, 0.29) is 18.4 Å². The van der Waals surface area contributed by atoms with E-state index in [0.717, 1.165) is 0 Å². The fourth-order valence-corrected chi connectivity index (χ4v) is 2.98. The summed E-state index contributed by atoms with van der Waals surface area (Å²) in [7, 11) is 0. The quantitative estimate of drug-likeness (QED) is 0.427. The molecule has 0 aromatic heterocycles. The molecule has 2 saturated heterocycles. The maximum absolute atomic E-state index is 11.6. The van der Waals surface area contributed by atoms with Gasteiger partial charge in [-0.15, -0.1) is 0 Å². The molecule has 3 rings (SSSR count). The molecule has 4 atom stereocenters. The zero-order valence-electron chi connectivity index (χ0n) is 8.19. The zero-order chi connectivity index (χ0) is 10.8. The fraction of sp³-hybridized carbons (Fsp3) is 0.600. The summed E-state index contributed by atoms with van der Waals surface area (Å²) >= 11 is 0. The van der Waals surface area contributed by atoms with Crippen molar-refractivity contribution in [2.24, 2.45) is 11.8 Å². The number of rotatable bonds is 1. The summed E-state index contributed by atoms with van der Waals surface area (Å²) in [5.74, 6) is -1.72. The van der Waals surface area contributed by atoms with Crippen LogP contribution in [-0.2, 0) is 14.3 Å². The first-order chi connectivity index (χ1) is 7.02. The van der Waals surface area contributed by atoms with Crippen molar-refractivity contribution < 1.29 is 19.4 Å². The van der Waals surface area contributed by atoms with Gasteiger partial charge in [-0.25, -0.2) is 0 Å². The van der Waals surface area contributed by atoms with Crippen molar-refractivity contribution in [1.82, 2.24) is 5.32 Å². The predicted octanol–water partition coefficient (Wildman–Crippen LogP) is -1.03. The second-order valence-electron chi connectivity index (χ2n) is 4.54. The minimum Gasteiger partial charge on any atom is -0.393 e. The Morgan fingerprint density at radius 3 is 2.73 bits per heavy atom. The topological polar surface area (TPSA) is 75.6 Å². The Kier molecular flexibility index (Phi) is 1.39. The van der Waals surface area contributed by atoms with E-state index in [1.807, 2.05) is 0 Å². The molecule has 5 heteroatoms. The van der Waals surface area contributed by atoms with Crippen molar-refractivity contribution in [1.29, 1.82) is 0 Å². The molecule has 0 saturated carbocycles. The lowest BCUT2D eigenvalue weighted by Crippen LogP contribution is -2.42. The molecule has 15 heavy (non-hydrogen) atoms. The van der Waals surface area contributed by atoms with Crippen molar-refractivity contribution in [3.05, 3.63) is 12.2 Å². The highest BCUT2D eigenvalue weighted by Gasteiger charge is 2.69. The second kappa shape index (κ2) is 2.31. The van der Waals surface area contributed by atoms with Crippen LogP contribution >= 0.6 is 0 Å². The average molecular weight is 209 g/mol. The van der Waals surface area contributed by atoms with Crippen molar-refractivity contribution in [3.63, 3.8) is 0 Å². The number of hydrogen-bond acceptors (Lipinski definition) is 4. The summed E-state index contributed by atoms with van der Waals surface area (Å²) in [5, 5.41) is 11.6. The third kappa shape index (κ3) is 0.815. The van der Waals surface area contributed by atoms with E-state index in [2.05, 4.69) is 5.32 Å². The summed E-state index contributed by atoms with van der Waals surface area (Å²) in [6.45, 7) is 1.49. The highest BCUT2D eigenvalue weighted by atomic mass is 16.5. The minimum absolute atomic E-state index is 0.277. The number of nitrogens with one attached hydrogen (secondary N) is 1. The molecule has 2 fully saturated rings. The van der Waals surface area contributed by atoms with Gasteiger partial charge in [-0.2, -0.15) is 0 Å². The van der Waals surface area contributed by atoms with Crippen LogP contribution in [0.4, 0.5) is 0 Å². The zero-order valence-corrected chi connectivity index (χ0v) is 8.19. The van der Waals surface area contributed by atoms with E-state index >= 15 is 0 Å². The number of carbonyl (C=O) groups is 2. The number of aliphatic hydroxyl groups excluding tert-OH is 1. The molecule has 0 spiro atoms. The third-order valence-corrected chi connectivity index (χ3v) is 3.64. The van der Waals surface area contributed by atoms with Gasteiger partial charge >= 0.3 is 0 Å². The first kappa shape index (κ1) is 9.06. The molecule has 3 heterocycles. The number of aliphatic hydroxyl groups is 1. The van der Waals surface area contributed by atoms with Crippen LogP contribution < -0.4 is 5.32 Å². The molecule has 2 bridgehead atoms. The van der Waals surface area contributed by atoms with Crippen LogP contribution in [0.5, 0.6) is 0 Å². The molecule has 0 aliphatic carbocycles. The molecule has 2 amide bonds. The lowest BCUT2D eigenvalue weighted by molar-refractivity contribution is -0.134. The van der Waals surface area contributed by atoms with E-state index in [1.54, 1.807) is 19.1 Å². The van der Waals surface area contributed by atoms with Crippen LogP contribution in [0.25, 0.3) is 0 Å². The van der Waals surface area contributed by atoms with E-state index < -0.39 is 23.0 Å². The molecule has 0 aromatic rings. The molecular formula is C10H11NO4. The lowest BCUT2D eigenvalue weighted by atomic mass is 9.73. The number of imide groups is 1. The van der Waals surface area contributed by atoms with Gasteiger partial charge in [-0.1, -0.05) is 12.2 Å². The molecule has 0 aromatic carbocycles. The van der Waals surface area contributed by atoms with Crippen LogP contribution in [0.3, 0.4) is 0 Å². The van der Waals surface area contributed by atoms with Gasteiger partial charge < -0.3 is 9.84 Å². The number of ether oxygens (including phenoxy) is 1. The second-order valence-corrected chi connectivity index (χ2v) is 4.54. The molecule has 3 aliphatic rings. The van der Waals surface area contributed by atoms with Gasteiger partial charge in [0.25, 0.3) is 0 Å². The van der Waals surface area contributed by atoms with E-state index in [1.165, 1.54) is 0 Å². The summed E-state index contributed by atoms with van der Waals surface area (Å²) in [4.78, 5) is 23.2. The highest BCUT2D eigenvalue weighted by Crippen LogP contribution is 2.55. The molecule has 80 valence electrons. The van der Waals surface area contributed by atoms with Gasteiger partial charge in [0.2, 0.25) is 11.8 Å². The molecular weight excluding hydrogens is 198 g/mol. The first-order valence-corrected chi connectivity index (χ1v) is 4.88. The van der Waals surface area contributed by atoms with E-state index in [4.69, 9.17) is 4.74 Å². The van der Waals surface area contributed by atoms with Crippen LogP contribution in [0.15, 0.2) is 12.2 Å². The highest BCUT2D eigenvalue weighted by molar-refractivity contribution is 6.07. The van der Waals surface area contributed by atoms with Crippen molar-refractivity contribution in [2.45, 2.75) is 18.1 Å². The first-order valence-electron chi connectivity index (χ1n) is 4.88. The van der Waals surface area contributed by atoms with Crippen LogP contribution in [0, 0.1) is 11.8 Å². The Labute approximate surface area is 86.1 Å². The third-order valence-electron chi connectivity index (χ3n) is 3.64. The maximum Gasteiger partial charge on any atom is 0.233 e. The SMILES string of the molecule is C[C@]12C=C[C@](CO)(O1)[C@@H]1C(=O)NC(=O)[C@@H]12. The van der Waals surface area contributed by atoms with Gasteiger partial charge in [0.15, 0.2) is 0 Å². The van der Waals surface area contributed by atoms with Crippen LogP contribution in [0.2, 0.25) is 0 Å². The molecule has 0 radical (unpaired) electrons. The van der Waals surface area contributed by atoms with E-state index in [9.17, 15) is 14.7 Å². The number of amides is 2. The largest absolute Gasteiger partial charge is 0.393 e. The Morgan fingerprint density at radius 1 is 1.40 bits per heavy atom. The van der Waals surface area contributed by atoms with Gasteiger partial charge in [0.05, 0.1) is 24.0 Å². The Morgan fingerprint density at radius 2 is 2.07 bits per heavy atom. The summed E-state index contributed by atoms with van der Waals surface area (Å²) in [6, 6.07) is 0. The monoisotopic (exact) mass is 209 g/mol. The Balaban J connectivity index is 2.16. The Hall–Kier alpha value is -1.20. The van der Waals surface area contributed by atoms with Crippen molar-refractivity contribution >= 4 is 11.8 Å². The van der Waals surface area contributed by atoms with Crippen molar-refractivity contribution in [3.8, 4) is 0 Å². The summed E-state index contributed by atoms with van der Waals surface area (Å²) < 4.78 is 5.66. The smallest absolute Gasteiger partial charge is 0.233 e. The molecule has 0 unspecified atom stereocenters. The van der Waals surface area contributed by atoms with Gasteiger partial charge in [-0.3, -0.25) is 14.9 Å². The minimum atomic E-state index is -0.990. The van der Waals surface area contributed by atoms with Gasteiger partial charge in [0, 0.05) is 0 Å². The number of fused-ring (bicyclic) bond motifs is 5. The Bertz CT molecular complexity index is 404. The standard InChI is InChI=1S/C10H11NO4/c1-9-2-3-10(4-12,15-9)6-5(9)7(13)11-8(6)14/h2-3,5-6,12H,4H2,1H3,(H,11,13,14)/t5-,6+,9-,10-/m1/s1. The fourth-order valence-electron chi connectivity index (χ4n) is 2.98. The van der Waals surface area contributed by atoms with Crippen molar-refractivity contribution in [2.75, 3.05) is 6.61 Å². The molecule has 2 N–H and O–H groups in total. The average Bonchev–Trinajstić information content (AvgIpc) is 2.75. The number of carbonyl (C=O) groups excluding carboxylic acids is 2. The normalized spacial score (nSPS) is 51.1. The summed E-state index contributed by atoms with van der Waals surface area (Å²) in [5.41, 5.74) is -1.74. The van der Waals surface area contributed by atoms with Gasteiger partial charge in [0.1, 0.15) is 5.60 Å². The predicted molar refractivity (Wildman–Crippen MR) is 48.6 cm³/mol. The maximum atomic E-state index is 11.6. The van der Waals surface area contributed by atoms with Crippen LogP contribution in [0.1, 0.15) is 6.92 Å². The number of hydrogen-bond donors (Lipinski definition) is 2. The van der Waals surface area contributed by atoms with E-state index in [0.29, 0.717) is 0 Å². The lowest BCUT2D eigenvalue weighted by Gasteiger charge is -2.24. The molecule has 3 aliphatic heterocycles. The van der Waals surface area contributed by atoms with Gasteiger partial charge in [-0.05, 0) is 6.92 Å².